The van der Waals surface area contributed by atoms with E-state index in [1.54, 1.807) is 0 Å². The fourth-order valence-corrected chi connectivity index (χ4v) is 3.31. The highest BCUT2D eigenvalue weighted by atomic mass is 16.5. The normalized spacial score (nSPS) is 16.9. The molecule has 2 aromatic rings. The lowest BCUT2D eigenvalue weighted by Crippen LogP contribution is -2.43. The second-order valence-electron chi connectivity index (χ2n) is 6.83. The lowest BCUT2D eigenvalue weighted by molar-refractivity contribution is 0.00825. The third-order valence-electron chi connectivity index (χ3n) is 4.61. The zero-order valence-electron chi connectivity index (χ0n) is 15.0. The minimum absolute atomic E-state index is 0.327. The summed E-state index contributed by atoms with van der Waals surface area (Å²) >= 11 is 0. The van der Waals surface area contributed by atoms with E-state index in [0.29, 0.717) is 6.54 Å². The van der Waals surface area contributed by atoms with Crippen LogP contribution >= 0.6 is 0 Å². The molecule has 2 aromatic carbocycles. The molecule has 4 heteroatoms. The van der Waals surface area contributed by atoms with Gasteiger partial charge < -0.3 is 9.84 Å². The second-order valence-corrected chi connectivity index (χ2v) is 6.83. The summed E-state index contributed by atoms with van der Waals surface area (Å²) in [5, 5.41) is 10.3. The number of hydrogen-bond donors (Lipinski definition) is 1. The van der Waals surface area contributed by atoms with Crippen molar-refractivity contribution >= 4 is 0 Å². The van der Waals surface area contributed by atoms with Crippen molar-refractivity contribution in [3.05, 3.63) is 60.2 Å². The van der Waals surface area contributed by atoms with Crippen LogP contribution in [0.4, 0.5) is 0 Å². The van der Waals surface area contributed by atoms with Crippen LogP contribution in [-0.2, 0) is 11.3 Å². The largest absolute Gasteiger partial charge is 0.390 e. The van der Waals surface area contributed by atoms with Gasteiger partial charge >= 0.3 is 0 Å². The Balaban J connectivity index is 1.48. The second kappa shape index (κ2) is 9.11. The predicted octanol–water partition coefficient (Wildman–Crippen LogP) is 2.48. The molecule has 1 aliphatic rings. The minimum Gasteiger partial charge on any atom is -0.390 e. The van der Waals surface area contributed by atoms with Crippen LogP contribution in [-0.4, -0.2) is 67.5 Å². The molecule has 1 heterocycles. The van der Waals surface area contributed by atoms with E-state index in [0.717, 1.165) is 39.4 Å². The predicted molar refractivity (Wildman–Crippen MR) is 101 cm³/mol. The topological polar surface area (TPSA) is 35.9 Å². The first kappa shape index (κ1) is 18.1. The lowest BCUT2D eigenvalue weighted by Gasteiger charge is -2.30. The highest BCUT2D eigenvalue weighted by Gasteiger charge is 2.16. The van der Waals surface area contributed by atoms with E-state index in [2.05, 4.69) is 65.4 Å². The van der Waals surface area contributed by atoms with Gasteiger partial charge in [0.2, 0.25) is 0 Å². The van der Waals surface area contributed by atoms with Crippen molar-refractivity contribution in [3.63, 3.8) is 0 Å². The smallest absolute Gasteiger partial charge is 0.0793 e. The molecule has 0 aromatic heterocycles. The molecule has 3 rings (SSSR count). The fourth-order valence-electron chi connectivity index (χ4n) is 3.31. The molecule has 0 radical (unpaired) electrons. The molecule has 1 N–H and O–H groups in total. The molecule has 134 valence electrons. The van der Waals surface area contributed by atoms with Crippen LogP contribution in [0, 0.1) is 0 Å². The number of nitrogens with zero attached hydrogens (tertiary/aromatic N) is 2. The maximum absolute atomic E-state index is 10.3. The van der Waals surface area contributed by atoms with E-state index in [1.807, 2.05) is 6.07 Å². The van der Waals surface area contributed by atoms with E-state index in [1.165, 1.54) is 16.7 Å². The van der Waals surface area contributed by atoms with Gasteiger partial charge in [-0.1, -0.05) is 54.6 Å². The number of β-amino-alcohol motifs (C(OH)–C–C–N with tert-alkyl or cyclic N) is 1. The summed E-state index contributed by atoms with van der Waals surface area (Å²) in [5.41, 5.74) is 3.74. The Morgan fingerprint density at radius 1 is 1.00 bits per heavy atom. The van der Waals surface area contributed by atoms with Gasteiger partial charge in [0.25, 0.3) is 0 Å². The van der Waals surface area contributed by atoms with E-state index >= 15 is 0 Å². The first-order chi connectivity index (χ1) is 12.2. The van der Waals surface area contributed by atoms with E-state index in [9.17, 15) is 5.11 Å². The summed E-state index contributed by atoms with van der Waals surface area (Å²) in [6.45, 7) is 5.63. The zero-order chi connectivity index (χ0) is 17.5. The van der Waals surface area contributed by atoms with Gasteiger partial charge in [-0.25, -0.2) is 0 Å². The number of ether oxygens (including phenoxy) is 1. The quantitative estimate of drug-likeness (QED) is 0.840. The van der Waals surface area contributed by atoms with Gasteiger partial charge in [0.05, 0.1) is 19.3 Å². The average molecular weight is 340 g/mol. The number of rotatable bonds is 7. The van der Waals surface area contributed by atoms with Gasteiger partial charge in [0.1, 0.15) is 0 Å². The molecule has 1 unspecified atom stereocenters. The molecule has 4 nitrogen and oxygen atoms in total. The van der Waals surface area contributed by atoms with Gasteiger partial charge in [0.15, 0.2) is 0 Å². The molecule has 1 saturated heterocycles. The number of morpholine rings is 1. The molecular weight excluding hydrogens is 312 g/mol. The summed E-state index contributed by atoms with van der Waals surface area (Å²) < 4.78 is 5.35. The molecule has 0 spiro atoms. The maximum Gasteiger partial charge on any atom is 0.0793 e. The van der Waals surface area contributed by atoms with Gasteiger partial charge in [-0.2, -0.15) is 0 Å². The van der Waals surface area contributed by atoms with Crippen molar-refractivity contribution in [2.45, 2.75) is 12.6 Å². The highest BCUT2D eigenvalue weighted by molar-refractivity contribution is 5.63. The summed E-state index contributed by atoms with van der Waals surface area (Å²) in [4.78, 5) is 4.46. The van der Waals surface area contributed by atoms with Crippen LogP contribution in [0.1, 0.15) is 5.56 Å². The Hall–Kier alpha value is -1.72. The van der Waals surface area contributed by atoms with Crippen molar-refractivity contribution in [3.8, 4) is 11.1 Å². The third kappa shape index (κ3) is 5.65. The van der Waals surface area contributed by atoms with Crippen molar-refractivity contribution in [2.24, 2.45) is 0 Å². The van der Waals surface area contributed by atoms with Crippen LogP contribution in [0.2, 0.25) is 0 Å². The van der Waals surface area contributed by atoms with Crippen LogP contribution in [0.3, 0.4) is 0 Å². The molecule has 0 amide bonds. The van der Waals surface area contributed by atoms with E-state index in [-0.39, 0.29) is 6.10 Å². The maximum atomic E-state index is 10.3. The zero-order valence-corrected chi connectivity index (χ0v) is 15.0. The Bertz CT molecular complexity index is 624. The Kier molecular flexibility index (Phi) is 6.59. The summed E-state index contributed by atoms with van der Waals surface area (Å²) in [5.74, 6) is 0. The van der Waals surface area contributed by atoms with Gasteiger partial charge in [0, 0.05) is 32.7 Å². The van der Waals surface area contributed by atoms with Gasteiger partial charge in [-0.15, -0.1) is 0 Å². The van der Waals surface area contributed by atoms with E-state index < -0.39 is 0 Å². The fraction of sp³-hybridized carbons (Fsp3) is 0.429. The summed E-state index contributed by atoms with van der Waals surface area (Å²) in [6, 6.07) is 19.1. The first-order valence-corrected chi connectivity index (χ1v) is 9.02. The van der Waals surface area contributed by atoms with Crippen molar-refractivity contribution < 1.29 is 9.84 Å². The molecule has 1 aliphatic heterocycles. The van der Waals surface area contributed by atoms with Crippen LogP contribution in [0.25, 0.3) is 11.1 Å². The lowest BCUT2D eigenvalue weighted by atomic mass is 10.0. The number of aliphatic hydroxyl groups excluding tert-OH is 1. The standard InChI is InChI=1S/C21H28N2O2/c1-22(16-21(24)17-23-11-13-25-14-12-23)15-18-7-9-20(10-8-18)19-5-3-2-4-6-19/h2-10,21,24H,11-17H2,1H3. The SMILES string of the molecule is CN(Cc1ccc(-c2ccccc2)cc1)CC(O)CN1CCOCC1. The van der Waals surface area contributed by atoms with Gasteiger partial charge in [-0.3, -0.25) is 9.80 Å². The van der Waals surface area contributed by atoms with Crippen molar-refractivity contribution in [1.82, 2.24) is 9.80 Å². The van der Waals surface area contributed by atoms with Crippen LogP contribution < -0.4 is 0 Å². The average Bonchev–Trinajstić information content (AvgIpc) is 2.63. The highest BCUT2D eigenvalue weighted by Crippen LogP contribution is 2.19. The molecule has 0 bridgehead atoms. The van der Waals surface area contributed by atoms with Gasteiger partial charge in [-0.05, 0) is 23.7 Å². The first-order valence-electron chi connectivity index (χ1n) is 9.02. The van der Waals surface area contributed by atoms with E-state index in [4.69, 9.17) is 4.74 Å². The van der Waals surface area contributed by atoms with Crippen molar-refractivity contribution in [2.75, 3.05) is 46.4 Å². The Morgan fingerprint density at radius 3 is 2.32 bits per heavy atom. The molecule has 1 atom stereocenters. The number of benzene rings is 2. The number of hydrogen-bond acceptors (Lipinski definition) is 4. The van der Waals surface area contributed by atoms with Crippen LogP contribution in [0.5, 0.6) is 0 Å². The Labute approximate surface area is 150 Å². The molecular formula is C21H28N2O2. The summed E-state index contributed by atoms with van der Waals surface area (Å²) in [6.07, 6.45) is -0.327. The number of likely N-dealkylation sites (N-methyl/N-ethyl adjacent to an activating group) is 1. The Morgan fingerprint density at radius 2 is 1.64 bits per heavy atom. The molecule has 0 aliphatic carbocycles. The third-order valence-corrected chi connectivity index (χ3v) is 4.61. The number of aliphatic hydroxyl groups is 1. The van der Waals surface area contributed by atoms with Crippen LogP contribution in [0.15, 0.2) is 54.6 Å². The molecule has 1 fully saturated rings. The minimum atomic E-state index is -0.327. The summed E-state index contributed by atoms with van der Waals surface area (Å²) in [7, 11) is 2.06. The van der Waals surface area contributed by atoms with Crippen molar-refractivity contribution in [1.29, 1.82) is 0 Å². The molecule has 0 saturated carbocycles. The molecule has 25 heavy (non-hydrogen) atoms. The monoisotopic (exact) mass is 340 g/mol.